The first-order valence-corrected chi connectivity index (χ1v) is 8.67. The van der Waals surface area contributed by atoms with Crippen LogP contribution in [0, 0.1) is 5.92 Å². The lowest BCUT2D eigenvalue weighted by molar-refractivity contribution is -0.603. The van der Waals surface area contributed by atoms with Gasteiger partial charge in [0.05, 0.1) is 17.2 Å². The second-order valence-electron chi connectivity index (χ2n) is 6.77. The van der Waals surface area contributed by atoms with Crippen molar-refractivity contribution in [2.75, 3.05) is 5.32 Å². The Morgan fingerprint density at radius 2 is 1.73 bits per heavy atom. The van der Waals surface area contributed by atoms with Crippen LogP contribution in [0.4, 0.5) is 5.69 Å². The summed E-state index contributed by atoms with van der Waals surface area (Å²) in [6, 6.07) is 9.43. The number of para-hydroxylation sites is 1. The maximum Gasteiger partial charge on any atom is 0.236 e. The predicted octanol–water partition coefficient (Wildman–Crippen LogP) is 4.33. The molecule has 1 aliphatic heterocycles. The molecule has 1 unspecified atom stereocenters. The average Bonchev–Trinajstić information content (AvgIpc) is 3.10. The van der Waals surface area contributed by atoms with Crippen LogP contribution in [0.15, 0.2) is 48.6 Å². The fourth-order valence-electron chi connectivity index (χ4n) is 4.30. The zero-order chi connectivity index (χ0) is 14.9. The normalized spacial score (nSPS) is 25.4. The second kappa shape index (κ2) is 5.75. The third-order valence-electron chi connectivity index (χ3n) is 5.42. The van der Waals surface area contributed by atoms with Crippen molar-refractivity contribution >= 4 is 11.4 Å². The number of nitrogens with zero attached hydrogens (tertiary/aromatic N) is 1. The Morgan fingerprint density at radius 1 is 1.00 bits per heavy atom. The molecule has 1 saturated carbocycles. The molecule has 0 spiro atoms. The van der Waals surface area contributed by atoms with Crippen LogP contribution < -0.4 is 5.32 Å². The number of anilines is 1. The third kappa shape index (κ3) is 2.31. The Bertz CT molecular complexity index is 635. The number of nitrogens with one attached hydrogen (secondary N) is 1. The molecule has 2 nitrogen and oxygen atoms in total. The van der Waals surface area contributed by atoms with Gasteiger partial charge in [-0.15, -0.1) is 0 Å². The first-order chi connectivity index (χ1) is 10.8. The van der Waals surface area contributed by atoms with E-state index < -0.39 is 0 Å². The van der Waals surface area contributed by atoms with Gasteiger partial charge in [-0.1, -0.05) is 42.9 Å². The molecule has 22 heavy (non-hydrogen) atoms. The van der Waals surface area contributed by atoms with E-state index in [2.05, 4.69) is 65.4 Å². The maximum atomic E-state index is 3.82. The molecule has 0 saturated heterocycles. The van der Waals surface area contributed by atoms with E-state index >= 15 is 0 Å². The minimum absolute atomic E-state index is 0.355. The molecule has 1 atom stereocenters. The Labute approximate surface area is 133 Å². The van der Waals surface area contributed by atoms with E-state index in [1.165, 1.54) is 49.1 Å². The van der Waals surface area contributed by atoms with Gasteiger partial charge in [0.25, 0.3) is 0 Å². The van der Waals surface area contributed by atoms with E-state index in [4.69, 9.17) is 0 Å². The van der Waals surface area contributed by atoms with Crippen molar-refractivity contribution < 1.29 is 4.58 Å². The molecule has 0 radical (unpaired) electrons. The number of fused-ring (bicyclic) bond motifs is 1. The molecule has 114 valence electrons. The molecule has 2 heteroatoms. The summed E-state index contributed by atoms with van der Waals surface area (Å²) in [5.74, 6) is 0.463. The first-order valence-electron chi connectivity index (χ1n) is 8.67. The van der Waals surface area contributed by atoms with Gasteiger partial charge in [0.1, 0.15) is 0 Å². The molecule has 0 aromatic heterocycles. The van der Waals surface area contributed by atoms with Gasteiger partial charge in [-0.05, 0) is 25.0 Å². The van der Waals surface area contributed by atoms with E-state index in [9.17, 15) is 0 Å². The van der Waals surface area contributed by atoms with E-state index in [-0.39, 0.29) is 0 Å². The SMILES string of the molecule is CC1=[N+](C2CCCCC2)C(C2C=CC=C2)Nc2ccccc21. The van der Waals surface area contributed by atoms with Crippen molar-refractivity contribution in [2.45, 2.75) is 51.2 Å². The predicted molar refractivity (Wildman–Crippen MR) is 92.5 cm³/mol. The summed E-state index contributed by atoms with van der Waals surface area (Å²) in [5.41, 5.74) is 4.10. The molecule has 1 N–H and O–H groups in total. The zero-order valence-corrected chi connectivity index (χ0v) is 13.3. The molecule has 1 aromatic carbocycles. The van der Waals surface area contributed by atoms with E-state index in [0.29, 0.717) is 18.1 Å². The van der Waals surface area contributed by atoms with E-state index in [1.54, 1.807) is 0 Å². The van der Waals surface area contributed by atoms with Crippen LogP contribution in [0.1, 0.15) is 44.6 Å². The van der Waals surface area contributed by atoms with Gasteiger partial charge in [-0.2, -0.15) is 0 Å². The smallest absolute Gasteiger partial charge is 0.236 e. The lowest BCUT2D eigenvalue weighted by Crippen LogP contribution is -2.50. The van der Waals surface area contributed by atoms with Gasteiger partial charge in [0.15, 0.2) is 11.8 Å². The topological polar surface area (TPSA) is 15.0 Å². The second-order valence-corrected chi connectivity index (χ2v) is 6.77. The van der Waals surface area contributed by atoms with Crippen molar-refractivity contribution in [3.8, 4) is 0 Å². The Hall–Kier alpha value is -1.83. The molecule has 0 bridgehead atoms. The summed E-state index contributed by atoms with van der Waals surface area (Å²) >= 11 is 0. The van der Waals surface area contributed by atoms with Gasteiger partial charge in [0, 0.05) is 19.8 Å². The molecule has 1 aromatic rings. The summed E-state index contributed by atoms with van der Waals surface area (Å²) in [7, 11) is 0. The lowest BCUT2D eigenvalue weighted by Gasteiger charge is -2.33. The monoisotopic (exact) mass is 293 g/mol. The quantitative estimate of drug-likeness (QED) is 0.802. The molecular weight excluding hydrogens is 268 g/mol. The van der Waals surface area contributed by atoms with Gasteiger partial charge in [-0.3, -0.25) is 0 Å². The zero-order valence-electron chi connectivity index (χ0n) is 13.3. The summed E-state index contributed by atoms with van der Waals surface area (Å²) < 4.78 is 2.69. The molecule has 1 heterocycles. The first kappa shape index (κ1) is 13.8. The lowest BCUT2D eigenvalue weighted by atomic mass is 9.91. The fraction of sp³-hybridized carbons (Fsp3) is 0.450. The molecule has 3 aliphatic rings. The van der Waals surface area contributed by atoms with Gasteiger partial charge < -0.3 is 5.32 Å². The largest absolute Gasteiger partial charge is 0.327 e. The van der Waals surface area contributed by atoms with Crippen molar-refractivity contribution in [3.63, 3.8) is 0 Å². The molecule has 4 rings (SSSR count). The molecule has 2 aliphatic carbocycles. The summed E-state index contributed by atoms with van der Waals surface area (Å²) in [5, 5.41) is 3.82. The molecular formula is C20H25N2+. The van der Waals surface area contributed by atoms with E-state index in [0.717, 1.165) is 0 Å². The Balaban J connectivity index is 1.79. The van der Waals surface area contributed by atoms with Crippen molar-refractivity contribution in [1.29, 1.82) is 0 Å². The summed E-state index contributed by atoms with van der Waals surface area (Å²) in [4.78, 5) is 0. The highest BCUT2D eigenvalue weighted by atomic mass is 15.2. The van der Waals surface area contributed by atoms with Crippen LogP contribution in [0.2, 0.25) is 0 Å². The number of allylic oxidation sites excluding steroid dienone is 2. The Morgan fingerprint density at radius 3 is 2.50 bits per heavy atom. The number of hydrogen-bond acceptors (Lipinski definition) is 1. The van der Waals surface area contributed by atoms with Crippen LogP contribution in [0.3, 0.4) is 0 Å². The summed E-state index contributed by atoms with van der Waals surface area (Å²) in [6.07, 6.45) is 16.2. The van der Waals surface area contributed by atoms with E-state index in [1.807, 2.05) is 0 Å². The number of hydrogen-bond donors (Lipinski definition) is 1. The minimum atomic E-state index is 0.355. The minimum Gasteiger partial charge on any atom is -0.327 e. The van der Waals surface area contributed by atoms with Gasteiger partial charge in [-0.25, -0.2) is 4.58 Å². The maximum absolute atomic E-state index is 3.82. The molecule has 0 amide bonds. The van der Waals surface area contributed by atoms with Crippen LogP contribution in [0.5, 0.6) is 0 Å². The highest BCUT2D eigenvalue weighted by Crippen LogP contribution is 2.32. The number of rotatable bonds is 2. The average molecular weight is 293 g/mol. The number of benzene rings is 1. The molecule has 1 fully saturated rings. The highest BCUT2D eigenvalue weighted by molar-refractivity contribution is 6.01. The van der Waals surface area contributed by atoms with Crippen LogP contribution >= 0.6 is 0 Å². The van der Waals surface area contributed by atoms with Crippen LogP contribution in [-0.4, -0.2) is 22.5 Å². The van der Waals surface area contributed by atoms with Crippen molar-refractivity contribution in [3.05, 3.63) is 54.1 Å². The van der Waals surface area contributed by atoms with Crippen molar-refractivity contribution in [1.82, 2.24) is 0 Å². The van der Waals surface area contributed by atoms with Crippen LogP contribution in [0.25, 0.3) is 0 Å². The fourth-order valence-corrected chi connectivity index (χ4v) is 4.30. The summed E-state index contributed by atoms with van der Waals surface area (Å²) in [6.45, 7) is 2.31. The Kier molecular flexibility index (Phi) is 3.61. The van der Waals surface area contributed by atoms with Crippen LogP contribution in [-0.2, 0) is 0 Å². The third-order valence-corrected chi connectivity index (χ3v) is 5.42. The highest BCUT2D eigenvalue weighted by Gasteiger charge is 2.40. The van der Waals surface area contributed by atoms with Gasteiger partial charge in [0.2, 0.25) is 6.17 Å². The standard InChI is InChI=1S/C20H24N2/c1-15-18-13-7-8-14-19(18)21-20(16-9-5-6-10-16)22(15)17-11-3-2-4-12-17/h5-10,13-14,16-17,20H,2-4,11-12H2,1H3/p+1. The van der Waals surface area contributed by atoms with Gasteiger partial charge >= 0.3 is 0 Å². The van der Waals surface area contributed by atoms with Crippen molar-refractivity contribution in [2.24, 2.45) is 5.92 Å².